The molecule has 0 bridgehead atoms. The molecule has 0 aromatic heterocycles. The van der Waals surface area contributed by atoms with Crippen LogP contribution in [0.3, 0.4) is 0 Å². The maximum atomic E-state index is 11.3. The number of ether oxygens (including phenoxy) is 1. The molecule has 0 aliphatic heterocycles. The summed E-state index contributed by atoms with van der Waals surface area (Å²) >= 11 is 0. The molecule has 0 saturated heterocycles. The lowest BCUT2D eigenvalue weighted by Gasteiger charge is -2.20. The third-order valence-corrected chi connectivity index (χ3v) is 2.35. The Morgan fingerprint density at radius 1 is 1.06 bits per heavy atom. The molecule has 0 aromatic carbocycles. The number of carbonyl (C=O) groups is 2. The second-order valence-electron chi connectivity index (χ2n) is 3.91. The molecule has 0 radical (unpaired) electrons. The zero-order chi connectivity index (χ0) is 12.4. The number of rotatable bonds is 8. The molecule has 94 valence electrons. The van der Waals surface area contributed by atoms with E-state index < -0.39 is 0 Å². The van der Waals surface area contributed by atoms with Gasteiger partial charge in [0.2, 0.25) is 5.91 Å². The van der Waals surface area contributed by atoms with E-state index in [-0.39, 0.29) is 11.9 Å². The van der Waals surface area contributed by atoms with E-state index in [9.17, 15) is 9.59 Å². The fourth-order valence-corrected chi connectivity index (χ4v) is 1.45. The van der Waals surface area contributed by atoms with Crippen molar-refractivity contribution in [1.29, 1.82) is 0 Å². The summed E-state index contributed by atoms with van der Waals surface area (Å²) in [4.78, 5) is 23.6. The first-order chi connectivity index (χ1) is 7.57. The summed E-state index contributed by atoms with van der Waals surface area (Å²) in [6.45, 7) is 6.99. The van der Waals surface area contributed by atoms with Gasteiger partial charge in [-0.1, -0.05) is 19.8 Å². The molecular weight excluding hydrogens is 206 g/mol. The summed E-state index contributed by atoms with van der Waals surface area (Å²) in [6, 6.07) is 0. The van der Waals surface area contributed by atoms with Gasteiger partial charge in [-0.25, -0.2) is 0 Å². The molecule has 0 rings (SSSR count). The predicted octanol–water partition coefficient (Wildman–Crippen LogP) is 1.98. The zero-order valence-corrected chi connectivity index (χ0v) is 10.6. The van der Waals surface area contributed by atoms with Gasteiger partial charge in [-0.15, -0.1) is 0 Å². The third kappa shape index (κ3) is 8.26. The Balaban J connectivity index is 3.68. The Labute approximate surface area is 98.0 Å². The minimum Gasteiger partial charge on any atom is -0.466 e. The normalized spacial score (nSPS) is 9.94. The van der Waals surface area contributed by atoms with Gasteiger partial charge < -0.3 is 9.64 Å². The Hall–Kier alpha value is -1.06. The second-order valence-corrected chi connectivity index (χ2v) is 3.91. The first-order valence-electron chi connectivity index (χ1n) is 5.96. The van der Waals surface area contributed by atoms with E-state index in [1.165, 1.54) is 6.92 Å². The van der Waals surface area contributed by atoms with Gasteiger partial charge >= 0.3 is 5.97 Å². The molecule has 0 saturated carbocycles. The Morgan fingerprint density at radius 2 is 1.69 bits per heavy atom. The number of unbranched alkanes of at least 4 members (excludes halogenated alkanes) is 2. The van der Waals surface area contributed by atoms with Crippen LogP contribution in [0.15, 0.2) is 0 Å². The molecule has 0 aliphatic carbocycles. The summed E-state index contributed by atoms with van der Waals surface area (Å²) in [5.41, 5.74) is 0. The van der Waals surface area contributed by atoms with Crippen LogP contribution in [0.5, 0.6) is 0 Å². The molecule has 0 aromatic rings. The SMILES string of the molecule is CCCCCN(CCCOC(C)=O)C(C)=O. The molecule has 0 fully saturated rings. The molecule has 4 heteroatoms. The molecule has 16 heavy (non-hydrogen) atoms. The molecule has 0 N–H and O–H groups in total. The van der Waals surface area contributed by atoms with Crippen LogP contribution in [-0.2, 0) is 14.3 Å². The highest BCUT2D eigenvalue weighted by Gasteiger charge is 2.07. The summed E-state index contributed by atoms with van der Waals surface area (Å²) < 4.78 is 4.82. The van der Waals surface area contributed by atoms with Crippen LogP contribution in [0, 0.1) is 0 Å². The largest absolute Gasteiger partial charge is 0.466 e. The number of amides is 1. The number of nitrogens with zero attached hydrogens (tertiary/aromatic N) is 1. The fraction of sp³-hybridized carbons (Fsp3) is 0.833. The van der Waals surface area contributed by atoms with Crippen LogP contribution in [0.1, 0.15) is 46.5 Å². The van der Waals surface area contributed by atoms with Gasteiger partial charge in [-0.05, 0) is 12.8 Å². The highest BCUT2D eigenvalue weighted by Crippen LogP contribution is 2.00. The van der Waals surface area contributed by atoms with E-state index in [1.807, 2.05) is 4.90 Å². The Bertz CT molecular complexity index is 216. The lowest BCUT2D eigenvalue weighted by atomic mass is 10.2. The van der Waals surface area contributed by atoms with Crippen molar-refractivity contribution in [3.8, 4) is 0 Å². The summed E-state index contributed by atoms with van der Waals surface area (Å²) in [6.07, 6.45) is 4.06. The molecule has 0 unspecified atom stereocenters. The molecule has 1 amide bonds. The van der Waals surface area contributed by atoms with Crippen molar-refractivity contribution < 1.29 is 14.3 Å². The van der Waals surface area contributed by atoms with Crippen molar-refractivity contribution in [2.45, 2.75) is 46.5 Å². The van der Waals surface area contributed by atoms with E-state index in [0.717, 1.165) is 25.8 Å². The maximum absolute atomic E-state index is 11.3. The highest BCUT2D eigenvalue weighted by molar-refractivity contribution is 5.73. The Morgan fingerprint density at radius 3 is 2.19 bits per heavy atom. The van der Waals surface area contributed by atoms with Crippen LogP contribution < -0.4 is 0 Å². The topological polar surface area (TPSA) is 46.6 Å². The van der Waals surface area contributed by atoms with E-state index in [2.05, 4.69) is 6.92 Å². The average Bonchev–Trinajstić information content (AvgIpc) is 2.21. The number of hydrogen-bond acceptors (Lipinski definition) is 3. The number of esters is 1. The number of carbonyl (C=O) groups excluding carboxylic acids is 2. The first kappa shape index (κ1) is 14.9. The van der Waals surface area contributed by atoms with Gasteiger partial charge in [0.1, 0.15) is 0 Å². The first-order valence-corrected chi connectivity index (χ1v) is 5.96. The molecule has 0 atom stereocenters. The van der Waals surface area contributed by atoms with E-state index in [0.29, 0.717) is 19.6 Å². The third-order valence-electron chi connectivity index (χ3n) is 2.35. The van der Waals surface area contributed by atoms with Crippen LogP contribution in [-0.4, -0.2) is 36.5 Å². The van der Waals surface area contributed by atoms with E-state index in [4.69, 9.17) is 4.74 Å². The molecule has 0 aliphatic rings. The van der Waals surface area contributed by atoms with Gasteiger partial charge in [0.05, 0.1) is 6.61 Å². The lowest BCUT2D eigenvalue weighted by Crippen LogP contribution is -2.31. The van der Waals surface area contributed by atoms with Crippen LogP contribution in [0.4, 0.5) is 0 Å². The minimum absolute atomic E-state index is 0.0962. The van der Waals surface area contributed by atoms with Gasteiger partial charge in [-0.3, -0.25) is 9.59 Å². The maximum Gasteiger partial charge on any atom is 0.302 e. The van der Waals surface area contributed by atoms with Crippen molar-refractivity contribution in [3.63, 3.8) is 0 Å². The van der Waals surface area contributed by atoms with Crippen molar-refractivity contribution in [2.75, 3.05) is 19.7 Å². The van der Waals surface area contributed by atoms with Crippen molar-refractivity contribution in [2.24, 2.45) is 0 Å². The summed E-state index contributed by atoms with van der Waals surface area (Å²) in [7, 11) is 0. The molecule has 0 heterocycles. The molecule has 0 spiro atoms. The second kappa shape index (κ2) is 9.19. The van der Waals surface area contributed by atoms with Gasteiger partial charge in [0.15, 0.2) is 0 Å². The van der Waals surface area contributed by atoms with Crippen molar-refractivity contribution in [3.05, 3.63) is 0 Å². The fourth-order valence-electron chi connectivity index (χ4n) is 1.45. The molecule has 4 nitrogen and oxygen atoms in total. The van der Waals surface area contributed by atoms with Crippen molar-refractivity contribution in [1.82, 2.24) is 4.90 Å². The smallest absolute Gasteiger partial charge is 0.302 e. The highest BCUT2D eigenvalue weighted by atomic mass is 16.5. The van der Waals surface area contributed by atoms with E-state index >= 15 is 0 Å². The van der Waals surface area contributed by atoms with Gasteiger partial charge in [-0.2, -0.15) is 0 Å². The Kier molecular flexibility index (Phi) is 8.58. The van der Waals surface area contributed by atoms with Crippen LogP contribution in [0.25, 0.3) is 0 Å². The van der Waals surface area contributed by atoms with Gasteiger partial charge in [0.25, 0.3) is 0 Å². The predicted molar refractivity (Wildman–Crippen MR) is 63.0 cm³/mol. The summed E-state index contributed by atoms with van der Waals surface area (Å²) in [5.74, 6) is -0.167. The van der Waals surface area contributed by atoms with Crippen LogP contribution in [0.2, 0.25) is 0 Å². The zero-order valence-electron chi connectivity index (χ0n) is 10.6. The minimum atomic E-state index is -0.264. The average molecular weight is 229 g/mol. The monoisotopic (exact) mass is 229 g/mol. The van der Waals surface area contributed by atoms with Crippen LogP contribution >= 0.6 is 0 Å². The van der Waals surface area contributed by atoms with E-state index in [1.54, 1.807) is 6.92 Å². The van der Waals surface area contributed by atoms with Crippen molar-refractivity contribution >= 4 is 11.9 Å². The molecular formula is C12H23NO3. The quantitative estimate of drug-likeness (QED) is 0.472. The lowest BCUT2D eigenvalue weighted by molar-refractivity contribution is -0.141. The summed E-state index contributed by atoms with van der Waals surface area (Å²) in [5, 5.41) is 0. The number of hydrogen-bond donors (Lipinski definition) is 0. The van der Waals surface area contributed by atoms with Gasteiger partial charge in [0, 0.05) is 26.9 Å². The standard InChI is InChI=1S/C12H23NO3/c1-4-5-6-8-13(11(2)14)9-7-10-16-12(3)15/h4-10H2,1-3H3.